The van der Waals surface area contributed by atoms with Gasteiger partial charge in [-0.25, -0.2) is 0 Å². The molecular weight excluding hydrogens is 366 g/mol. The molecule has 6 nitrogen and oxygen atoms in total. The maximum Gasteiger partial charge on any atom is 0.251 e. The largest absolute Gasteiger partial charge is 0.497 e. The van der Waals surface area contributed by atoms with Crippen molar-refractivity contribution in [3.8, 4) is 17.0 Å². The van der Waals surface area contributed by atoms with E-state index in [1.165, 1.54) is 12.0 Å². The lowest BCUT2D eigenvalue weighted by atomic mass is 9.97. The van der Waals surface area contributed by atoms with Crippen LogP contribution in [0.25, 0.3) is 11.3 Å². The highest BCUT2D eigenvalue weighted by Gasteiger charge is 2.16. The summed E-state index contributed by atoms with van der Waals surface area (Å²) in [5, 5.41) is 10.4. The number of hydrogen-bond acceptors (Lipinski definition) is 5. The Kier molecular flexibility index (Phi) is 5.91. The third-order valence-electron chi connectivity index (χ3n) is 5.22. The van der Waals surface area contributed by atoms with Gasteiger partial charge in [-0.3, -0.25) is 4.79 Å². The molecule has 150 valence electrons. The zero-order valence-electron chi connectivity index (χ0n) is 16.5. The Morgan fingerprint density at radius 2 is 2.14 bits per heavy atom. The van der Waals surface area contributed by atoms with Crippen molar-refractivity contribution >= 4 is 5.91 Å². The zero-order chi connectivity index (χ0) is 20.1. The number of methoxy groups -OCH3 is 1. The first-order valence-corrected chi connectivity index (χ1v) is 9.89. The third-order valence-corrected chi connectivity index (χ3v) is 5.22. The van der Waals surface area contributed by atoms with Gasteiger partial charge < -0.3 is 19.9 Å². The lowest BCUT2D eigenvalue weighted by molar-refractivity contribution is 0.0947. The number of carbonyl (C=O) groups is 1. The van der Waals surface area contributed by atoms with E-state index in [0.29, 0.717) is 22.9 Å². The fourth-order valence-electron chi connectivity index (χ4n) is 3.65. The molecule has 1 saturated heterocycles. The van der Waals surface area contributed by atoms with Gasteiger partial charge in [0.1, 0.15) is 11.4 Å². The minimum Gasteiger partial charge on any atom is -0.497 e. The molecule has 1 aliphatic heterocycles. The molecule has 0 bridgehead atoms. The van der Waals surface area contributed by atoms with Gasteiger partial charge in [-0.05, 0) is 61.7 Å². The van der Waals surface area contributed by atoms with Crippen LogP contribution in [0.1, 0.15) is 28.1 Å². The maximum absolute atomic E-state index is 12.6. The van der Waals surface area contributed by atoms with Crippen molar-refractivity contribution in [2.75, 3.05) is 20.2 Å². The van der Waals surface area contributed by atoms with Crippen LogP contribution in [0.4, 0.5) is 0 Å². The van der Waals surface area contributed by atoms with Crippen LogP contribution in [0.15, 0.2) is 59.1 Å². The number of rotatable bonds is 7. The normalized spacial score (nSPS) is 16.0. The minimum atomic E-state index is -0.115. The van der Waals surface area contributed by atoms with Crippen LogP contribution in [0.2, 0.25) is 0 Å². The Balaban J connectivity index is 1.36. The maximum atomic E-state index is 12.6. The van der Waals surface area contributed by atoms with Crippen LogP contribution in [0.5, 0.6) is 5.75 Å². The first-order chi connectivity index (χ1) is 14.2. The number of hydrogen-bond donors (Lipinski definition) is 2. The molecule has 2 aromatic carbocycles. The highest BCUT2D eigenvalue weighted by atomic mass is 16.5. The number of amides is 1. The van der Waals surface area contributed by atoms with E-state index in [0.717, 1.165) is 30.8 Å². The first kappa shape index (κ1) is 19.2. The van der Waals surface area contributed by atoms with Crippen molar-refractivity contribution in [3.05, 3.63) is 71.5 Å². The van der Waals surface area contributed by atoms with E-state index in [-0.39, 0.29) is 12.5 Å². The zero-order valence-corrected chi connectivity index (χ0v) is 16.5. The van der Waals surface area contributed by atoms with Gasteiger partial charge in [0.05, 0.1) is 13.7 Å². The molecule has 0 radical (unpaired) electrons. The highest BCUT2D eigenvalue weighted by molar-refractivity contribution is 5.94. The lowest BCUT2D eigenvalue weighted by Crippen LogP contribution is -2.22. The molecule has 3 aromatic rings. The van der Waals surface area contributed by atoms with Gasteiger partial charge in [0.2, 0.25) is 0 Å². The predicted octanol–water partition coefficient (Wildman–Crippen LogP) is 3.43. The quantitative estimate of drug-likeness (QED) is 0.645. The van der Waals surface area contributed by atoms with Crippen molar-refractivity contribution in [3.63, 3.8) is 0 Å². The summed E-state index contributed by atoms with van der Waals surface area (Å²) >= 11 is 0. The van der Waals surface area contributed by atoms with Crippen LogP contribution in [-0.4, -0.2) is 31.3 Å². The smallest absolute Gasteiger partial charge is 0.251 e. The second-order valence-corrected chi connectivity index (χ2v) is 7.36. The van der Waals surface area contributed by atoms with Crippen LogP contribution >= 0.6 is 0 Å². The minimum absolute atomic E-state index is 0.115. The third kappa shape index (κ3) is 4.84. The summed E-state index contributed by atoms with van der Waals surface area (Å²) in [5.41, 5.74) is 3.48. The van der Waals surface area contributed by atoms with Crippen molar-refractivity contribution in [1.82, 2.24) is 15.8 Å². The molecule has 1 fully saturated rings. The summed E-state index contributed by atoms with van der Waals surface area (Å²) in [6.45, 7) is 2.42. The number of aromatic nitrogens is 1. The number of nitrogens with zero attached hydrogens (tertiary/aromatic N) is 1. The Morgan fingerprint density at radius 3 is 2.97 bits per heavy atom. The van der Waals surface area contributed by atoms with Crippen LogP contribution in [0, 0.1) is 5.92 Å². The van der Waals surface area contributed by atoms with E-state index in [4.69, 9.17) is 9.26 Å². The van der Waals surface area contributed by atoms with E-state index < -0.39 is 0 Å². The Hall–Kier alpha value is -3.12. The molecule has 0 saturated carbocycles. The van der Waals surface area contributed by atoms with Crippen LogP contribution in [0.3, 0.4) is 0 Å². The van der Waals surface area contributed by atoms with Gasteiger partial charge in [-0.2, -0.15) is 0 Å². The van der Waals surface area contributed by atoms with Crippen molar-refractivity contribution in [2.45, 2.75) is 19.4 Å². The van der Waals surface area contributed by atoms with Crippen molar-refractivity contribution in [2.24, 2.45) is 5.92 Å². The van der Waals surface area contributed by atoms with Gasteiger partial charge in [0.15, 0.2) is 5.76 Å². The van der Waals surface area contributed by atoms with E-state index in [1.54, 1.807) is 7.11 Å². The molecule has 1 atom stereocenters. The Morgan fingerprint density at radius 1 is 1.24 bits per heavy atom. The average molecular weight is 391 g/mol. The first-order valence-electron chi connectivity index (χ1n) is 9.89. The standard InChI is InChI=1S/C23H25N3O3/c1-28-20-7-3-5-18(12-20)22-13-21(29-26-22)15-25-23(27)19-6-2-4-16(11-19)10-17-8-9-24-14-17/h2-7,11-13,17,24H,8-10,14-15H2,1H3,(H,25,27). The summed E-state index contributed by atoms with van der Waals surface area (Å²) in [4.78, 5) is 12.6. The Labute approximate surface area is 170 Å². The van der Waals surface area contributed by atoms with E-state index in [1.807, 2.05) is 48.5 Å². The van der Waals surface area contributed by atoms with Gasteiger partial charge in [-0.1, -0.05) is 29.4 Å². The fourth-order valence-corrected chi connectivity index (χ4v) is 3.65. The molecule has 0 spiro atoms. The summed E-state index contributed by atoms with van der Waals surface area (Å²) < 4.78 is 10.6. The monoisotopic (exact) mass is 391 g/mol. The lowest BCUT2D eigenvalue weighted by Gasteiger charge is -2.10. The molecule has 2 heterocycles. The molecule has 6 heteroatoms. The SMILES string of the molecule is COc1cccc(-c2cc(CNC(=O)c3cccc(CC4CCNC4)c3)on2)c1. The molecule has 1 unspecified atom stereocenters. The van der Waals surface area contributed by atoms with Crippen LogP contribution in [-0.2, 0) is 13.0 Å². The molecule has 1 aliphatic rings. The molecular formula is C23H25N3O3. The summed E-state index contributed by atoms with van der Waals surface area (Å²) in [6, 6.07) is 17.3. The number of carbonyl (C=O) groups excluding carboxylic acids is 1. The second kappa shape index (κ2) is 8.92. The van der Waals surface area contributed by atoms with Crippen molar-refractivity contribution in [1.29, 1.82) is 0 Å². The number of ether oxygens (including phenoxy) is 1. The molecule has 2 N–H and O–H groups in total. The average Bonchev–Trinajstić information content (AvgIpc) is 3.44. The second-order valence-electron chi connectivity index (χ2n) is 7.36. The van der Waals surface area contributed by atoms with E-state index >= 15 is 0 Å². The predicted molar refractivity (Wildman–Crippen MR) is 111 cm³/mol. The highest BCUT2D eigenvalue weighted by Crippen LogP contribution is 2.23. The van der Waals surface area contributed by atoms with Crippen LogP contribution < -0.4 is 15.4 Å². The van der Waals surface area contributed by atoms with E-state index in [2.05, 4.69) is 21.9 Å². The van der Waals surface area contributed by atoms with Gasteiger partial charge in [-0.15, -0.1) is 0 Å². The van der Waals surface area contributed by atoms with Gasteiger partial charge in [0, 0.05) is 17.2 Å². The van der Waals surface area contributed by atoms with Gasteiger partial charge in [0.25, 0.3) is 5.91 Å². The molecule has 29 heavy (non-hydrogen) atoms. The topological polar surface area (TPSA) is 76.4 Å². The van der Waals surface area contributed by atoms with E-state index in [9.17, 15) is 4.79 Å². The number of nitrogens with one attached hydrogen (secondary N) is 2. The molecule has 4 rings (SSSR count). The summed E-state index contributed by atoms with van der Waals surface area (Å²) in [6.07, 6.45) is 2.19. The van der Waals surface area contributed by atoms with Gasteiger partial charge >= 0.3 is 0 Å². The Bertz CT molecular complexity index is 977. The summed E-state index contributed by atoms with van der Waals surface area (Å²) in [5.74, 6) is 1.89. The fraction of sp³-hybridized carbons (Fsp3) is 0.304. The molecule has 1 amide bonds. The number of benzene rings is 2. The summed E-state index contributed by atoms with van der Waals surface area (Å²) in [7, 11) is 1.63. The molecule has 1 aromatic heterocycles. The van der Waals surface area contributed by atoms with Crippen molar-refractivity contribution < 1.29 is 14.1 Å². The molecule has 0 aliphatic carbocycles.